The van der Waals surface area contributed by atoms with Crippen molar-refractivity contribution in [3.63, 3.8) is 0 Å². The summed E-state index contributed by atoms with van der Waals surface area (Å²) in [7, 11) is 0. The lowest BCUT2D eigenvalue weighted by molar-refractivity contribution is -0.125. The molecule has 0 atom stereocenters. The Morgan fingerprint density at radius 1 is 1.40 bits per heavy atom. The van der Waals surface area contributed by atoms with Crippen LogP contribution in [-0.2, 0) is 22.6 Å². The van der Waals surface area contributed by atoms with Crippen molar-refractivity contribution in [3.8, 4) is 0 Å². The molecule has 104 valence electrons. The van der Waals surface area contributed by atoms with Crippen molar-refractivity contribution in [2.24, 2.45) is 5.10 Å². The Kier molecular flexibility index (Phi) is 3.33. The molecule has 0 aliphatic carbocycles. The van der Waals surface area contributed by atoms with E-state index < -0.39 is 0 Å². The number of carbonyl (C=O) groups is 2. The van der Waals surface area contributed by atoms with Crippen molar-refractivity contribution in [3.05, 3.63) is 33.3 Å². The second-order valence-electron chi connectivity index (χ2n) is 5.12. The fraction of sp³-hybridized carbons (Fsp3) is 0.357. The molecule has 2 aliphatic rings. The smallest absolute Gasteiger partial charge is 0.270 e. The van der Waals surface area contributed by atoms with Gasteiger partial charge in [-0.1, -0.05) is 22.0 Å². The maximum Gasteiger partial charge on any atom is 0.270 e. The van der Waals surface area contributed by atoms with E-state index in [4.69, 9.17) is 0 Å². The monoisotopic (exact) mass is 335 g/mol. The Bertz CT molecular complexity index is 640. The highest BCUT2D eigenvalue weighted by Gasteiger charge is 2.28. The summed E-state index contributed by atoms with van der Waals surface area (Å²) in [6.45, 7) is 3.30. The summed E-state index contributed by atoms with van der Waals surface area (Å²) in [6, 6.07) is 4.24. The minimum absolute atomic E-state index is 0.0831. The van der Waals surface area contributed by atoms with Gasteiger partial charge in [-0.3, -0.25) is 9.59 Å². The van der Waals surface area contributed by atoms with E-state index in [2.05, 4.69) is 45.5 Å². The van der Waals surface area contributed by atoms with Crippen molar-refractivity contribution >= 4 is 33.5 Å². The van der Waals surface area contributed by atoms with E-state index in [9.17, 15) is 9.59 Å². The Hall–Kier alpha value is -1.69. The van der Waals surface area contributed by atoms with Gasteiger partial charge in [0.25, 0.3) is 5.91 Å². The maximum atomic E-state index is 12.3. The molecule has 1 aromatic carbocycles. The first-order valence-corrected chi connectivity index (χ1v) is 7.26. The number of fused-ring (bicyclic) bond motifs is 1. The van der Waals surface area contributed by atoms with Crippen LogP contribution in [-0.4, -0.2) is 29.0 Å². The number of aryl methyl sites for hydroxylation is 1. The summed E-state index contributed by atoms with van der Waals surface area (Å²) in [5, 5.41) is 3.80. The number of halogens is 1. The molecule has 0 spiro atoms. The normalized spacial score (nSPS) is 17.6. The highest BCUT2D eigenvalue weighted by molar-refractivity contribution is 9.10. The van der Waals surface area contributed by atoms with Crippen LogP contribution in [0.4, 0.5) is 0 Å². The second-order valence-corrected chi connectivity index (χ2v) is 5.97. The van der Waals surface area contributed by atoms with Crippen LogP contribution in [0.15, 0.2) is 21.7 Å². The van der Waals surface area contributed by atoms with Crippen molar-refractivity contribution < 1.29 is 9.59 Å². The van der Waals surface area contributed by atoms with Gasteiger partial charge in [0.2, 0.25) is 5.91 Å². The first-order chi connectivity index (χ1) is 9.54. The zero-order valence-electron chi connectivity index (χ0n) is 11.1. The van der Waals surface area contributed by atoms with E-state index in [-0.39, 0.29) is 18.2 Å². The summed E-state index contributed by atoms with van der Waals surface area (Å²) >= 11 is 3.52. The van der Waals surface area contributed by atoms with Crippen molar-refractivity contribution in [2.75, 3.05) is 6.54 Å². The van der Waals surface area contributed by atoms with Crippen molar-refractivity contribution in [2.45, 2.75) is 26.3 Å². The van der Waals surface area contributed by atoms with Crippen LogP contribution in [0.5, 0.6) is 0 Å². The molecule has 3 rings (SSSR count). The van der Waals surface area contributed by atoms with Crippen LogP contribution in [0, 0.1) is 6.92 Å². The number of nitrogens with one attached hydrogen (secondary N) is 1. The highest BCUT2D eigenvalue weighted by Crippen LogP contribution is 2.26. The molecule has 0 saturated carbocycles. The SMILES string of the molecule is Cc1cc2c(cc1Br)CN(C(=O)C1=NNC(=O)C1)CC2. The van der Waals surface area contributed by atoms with E-state index in [0.29, 0.717) is 18.8 Å². The van der Waals surface area contributed by atoms with Crippen molar-refractivity contribution in [1.29, 1.82) is 0 Å². The number of amides is 2. The molecule has 2 heterocycles. The topological polar surface area (TPSA) is 61.8 Å². The molecule has 0 aromatic heterocycles. The number of hydrogen-bond donors (Lipinski definition) is 1. The number of carbonyl (C=O) groups excluding carboxylic acids is 2. The summed E-state index contributed by atoms with van der Waals surface area (Å²) in [6.07, 6.45) is 0.920. The van der Waals surface area contributed by atoms with Crippen molar-refractivity contribution in [1.82, 2.24) is 10.3 Å². The quantitative estimate of drug-likeness (QED) is 0.845. The van der Waals surface area contributed by atoms with Crippen LogP contribution >= 0.6 is 15.9 Å². The predicted octanol–water partition coefficient (Wildman–Crippen LogP) is 1.52. The molecule has 0 unspecified atom stereocenters. The van der Waals surface area contributed by atoms with Gasteiger partial charge in [0.1, 0.15) is 5.71 Å². The molecular weight excluding hydrogens is 322 g/mol. The fourth-order valence-electron chi connectivity index (χ4n) is 2.54. The lowest BCUT2D eigenvalue weighted by Crippen LogP contribution is -2.39. The molecule has 20 heavy (non-hydrogen) atoms. The molecule has 0 bridgehead atoms. The first-order valence-electron chi connectivity index (χ1n) is 6.47. The fourth-order valence-corrected chi connectivity index (χ4v) is 2.93. The summed E-state index contributed by atoms with van der Waals surface area (Å²) in [5.41, 5.74) is 6.28. The number of hydrogen-bond acceptors (Lipinski definition) is 3. The van der Waals surface area contributed by atoms with Gasteiger partial charge in [-0.05, 0) is 36.1 Å². The first kappa shape index (κ1) is 13.3. The predicted molar refractivity (Wildman–Crippen MR) is 78.2 cm³/mol. The molecule has 2 aliphatic heterocycles. The average Bonchev–Trinajstić information content (AvgIpc) is 2.85. The van der Waals surface area contributed by atoms with Gasteiger partial charge in [0.05, 0.1) is 6.42 Å². The van der Waals surface area contributed by atoms with Gasteiger partial charge in [0, 0.05) is 17.6 Å². The molecule has 0 fully saturated rings. The second kappa shape index (κ2) is 5.01. The summed E-state index contributed by atoms with van der Waals surface area (Å²) in [5.74, 6) is -0.366. The Morgan fingerprint density at radius 3 is 2.90 bits per heavy atom. The van der Waals surface area contributed by atoms with Gasteiger partial charge in [0.15, 0.2) is 0 Å². The van der Waals surface area contributed by atoms with Crippen LogP contribution in [0.25, 0.3) is 0 Å². The molecule has 0 radical (unpaired) electrons. The lowest BCUT2D eigenvalue weighted by atomic mass is 9.97. The Morgan fingerprint density at radius 2 is 2.20 bits per heavy atom. The number of nitrogens with zero attached hydrogens (tertiary/aromatic N) is 2. The van der Waals surface area contributed by atoms with Crippen LogP contribution in [0.1, 0.15) is 23.1 Å². The molecular formula is C14H14BrN3O2. The zero-order chi connectivity index (χ0) is 14.3. The van der Waals surface area contributed by atoms with E-state index in [0.717, 1.165) is 16.5 Å². The van der Waals surface area contributed by atoms with Gasteiger partial charge in [-0.15, -0.1) is 0 Å². The van der Waals surface area contributed by atoms with Crippen LogP contribution < -0.4 is 5.43 Å². The maximum absolute atomic E-state index is 12.3. The molecule has 5 nitrogen and oxygen atoms in total. The van der Waals surface area contributed by atoms with Gasteiger partial charge < -0.3 is 4.90 Å². The lowest BCUT2D eigenvalue weighted by Gasteiger charge is -2.29. The van der Waals surface area contributed by atoms with E-state index in [1.54, 1.807) is 4.90 Å². The summed E-state index contributed by atoms with van der Waals surface area (Å²) < 4.78 is 1.06. The third kappa shape index (κ3) is 2.35. The molecule has 1 N–H and O–H groups in total. The highest BCUT2D eigenvalue weighted by atomic mass is 79.9. The third-order valence-electron chi connectivity index (χ3n) is 3.67. The number of rotatable bonds is 1. The molecule has 2 amide bonds. The largest absolute Gasteiger partial charge is 0.333 e. The molecule has 0 saturated heterocycles. The summed E-state index contributed by atoms with van der Waals surface area (Å²) in [4.78, 5) is 25.2. The van der Waals surface area contributed by atoms with E-state index in [1.807, 2.05) is 0 Å². The third-order valence-corrected chi connectivity index (χ3v) is 4.53. The van der Waals surface area contributed by atoms with Gasteiger partial charge in [-0.2, -0.15) is 5.10 Å². The minimum Gasteiger partial charge on any atom is -0.333 e. The molecule has 6 heteroatoms. The van der Waals surface area contributed by atoms with Gasteiger partial charge in [-0.25, -0.2) is 5.43 Å². The minimum atomic E-state index is -0.218. The number of benzene rings is 1. The van der Waals surface area contributed by atoms with Crippen LogP contribution in [0.3, 0.4) is 0 Å². The Labute approximate surface area is 125 Å². The number of hydrazone groups is 1. The van der Waals surface area contributed by atoms with E-state index in [1.165, 1.54) is 11.1 Å². The van der Waals surface area contributed by atoms with Crippen LogP contribution in [0.2, 0.25) is 0 Å². The Balaban J connectivity index is 1.80. The van der Waals surface area contributed by atoms with E-state index >= 15 is 0 Å². The standard InChI is InChI=1S/C14H14BrN3O2/c1-8-4-9-2-3-18(7-10(9)5-11(8)15)14(20)12-6-13(19)17-16-12/h4-5H,2-3,6-7H2,1H3,(H,17,19). The molecule has 1 aromatic rings. The zero-order valence-corrected chi connectivity index (χ0v) is 12.7. The average molecular weight is 336 g/mol. The van der Waals surface area contributed by atoms with Gasteiger partial charge >= 0.3 is 0 Å².